The number of anilines is 3. The van der Waals surface area contributed by atoms with Crippen LogP contribution in [0.2, 0.25) is 0 Å². The highest BCUT2D eigenvalue weighted by Crippen LogP contribution is 2.44. The lowest BCUT2D eigenvalue weighted by Gasteiger charge is -2.28. The highest BCUT2D eigenvalue weighted by atomic mass is 32.1. The summed E-state index contributed by atoms with van der Waals surface area (Å²) in [5.41, 5.74) is 11.8. The Hall–Kier alpha value is -6.94. The molecule has 0 saturated carbocycles. The van der Waals surface area contributed by atoms with Gasteiger partial charge in [0.2, 0.25) is 0 Å². The van der Waals surface area contributed by atoms with Crippen molar-refractivity contribution in [1.82, 2.24) is 4.57 Å². The maximum Gasteiger partial charge on any atom is 0.0541 e. The zero-order valence-corrected chi connectivity index (χ0v) is 30.7. The molecule has 3 heteroatoms. The van der Waals surface area contributed by atoms with E-state index in [0.29, 0.717) is 0 Å². The molecule has 2 aromatic heterocycles. The van der Waals surface area contributed by atoms with E-state index < -0.39 is 0 Å². The fourth-order valence-electron chi connectivity index (χ4n) is 8.50. The first kappa shape index (κ1) is 31.6. The topological polar surface area (TPSA) is 8.17 Å². The van der Waals surface area contributed by atoms with Gasteiger partial charge in [0.1, 0.15) is 0 Å². The number of aromatic nitrogens is 1. The van der Waals surface area contributed by atoms with Gasteiger partial charge in [-0.1, -0.05) is 146 Å². The summed E-state index contributed by atoms with van der Waals surface area (Å²) in [7, 11) is 0. The molecular weight excluding hydrogens is 685 g/mol. The molecular formula is C52H34N2S. The minimum Gasteiger partial charge on any atom is -0.310 e. The van der Waals surface area contributed by atoms with E-state index in [9.17, 15) is 0 Å². The zero-order valence-electron chi connectivity index (χ0n) is 29.9. The Balaban J connectivity index is 1.05. The van der Waals surface area contributed by atoms with Crippen LogP contribution in [0.25, 0.3) is 80.7 Å². The van der Waals surface area contributed by atoms with Gasteiger partial charge >= 0.3 is 0 Å². The Kier molecular flexibility index (Phi) is 7.39. The number of fused-ring (bicyclic) bond motifs is 7. The van der Waals surface area contributed by atoms with Crippen molar-refractivity contribution >= 4 is 81.1 Å². The van der Waals surface area contributed by atoms with Gasteiger partial charge < -0.3 is 9.47 Å². The Morgan fingerprint density at radius 1 is 0.345 bits per heavy atom. The lowest BCUT2D eigenvalue weighted by Crippen LogP contribution is -2.10. The zero-order chi connectivity index (χ0) is 36.3. The van der Waals surface area contributed by atoms with Crippen LogP contribution >= 0.6 is 11.3 Å². The minimum absolute atomic E-state index is 1.11. The lowest BCUT2D eigenvalue weighted by atomic mass is 9.95. The molecule has 11 aromatic rings. The molecule has 0 fully saturated rings. The van der Waals surface area contributed by atoms with Gasteiger partial charge in [-0.05, 0) is 82.7 Å². The van der Waals surface area contributed by atoms with Crippen LogP contribution in [0.1, 0.15) is 0 Å². The van der Waals surface area contributed by atoms with Gasteiger partial charge in [0.05, 0.1) is 22.4 Å². The van der Waals surface area contributed by atoms with Gasteiger partial charge in [-0.2, -0.15) is 0 Å². The summed E-state index contributed by atoms with van der Waals surface area (Å²) in [5, 5.41) is 7.58. The van der Waals surface area contributed by atoms with Crippen LogP contribution in [-0.2, 0) is 0 Å². The summed E-state index contributed by atoms with van der Waals surface area (Å²) in [5.74, 6) is 0. The van der Waals surface area contributed by atoms with E-state index >= 15 is 0 Å². The quantitative estimate of drug-likeness (QED) is 0.166. The molecule has 0 aliphatic carbocycles. The van der Waals surface area contributed by atoms with Crippen molar-refractivity contribution in [3.63, 3.8) is 0 Å². The molecule has 0 N–H and O–H groups in total. The number of rotatable bonds is 6. The third-order valence-electron chi connectivity index (χ3n) is 11.0. The average molecular weight is 719 g/mol. The average Bonchev–Trinajstić information content (AvgIpc) is 3.80. The van der Waals surface area contributed by atoms with Crippen molar-refractivity contribution in [2.24, 2.45) is 0 Å². The van der Waals surface area contributed by atoms with Crippen LogP contribution in [0.5, 0.6) is 0 Å². The van der Waals surface area contributed by atoms with Gasteiger partial charge in [-0.3, -0.25) is 0 Å². The molecule has 2 nitrogen and oxygen atoms in total. The first-order valence-electron chi connectivity index (χ1n) is 18.8. The Labute approximate surface area is 323 Å². The fraction of sp³-hybridized carbons (Fsp3) is 0. The molecule has 0 aliphatic heterocycles. The van der Waals surface area contributed by atoms with Gasteiger partial charge in [-0.15, -0.1) is 11.3 Å². The van der Waals surface area contributed by atoms with E-state index in [-0.39, 0.29) is 0 Å². The standard InChI is InChI=1S/C52H34N2S/c1-2-14-37(15-3-1)53(38-29-26-35(27-30-38)36-28-31-46-45-21-9-13-25-51(45)55-52(46)34-36)50-33-32-40(39-16-4-5-17-41(39)50)42-18-6-10-22-47(42)54-48-23-11-7-19-43(48)44-20-8-12-24-49(44)54/h1-34H. The van der Waals surface area contributed by atoms with Crippen molar-refractivity contribution in [3.8, 4) is 27.9 Å². The summed E-state index contributed by atoms with van der Waals surface area (Å²) < 4.78 is 5.08. The summed E-state index contributed by atoms with van der Waals surface area (Å²) in [6, 6.07) is 75.1. The molecule has 9 aromatic carbocycles. The number of benzene rings is 9. The van der Waals surface area contributed by atoms with Crippen LogP contribution in [0.3, 0.4) is 0 Å². The normalized spacial score (nSPS) is 11.6. The second-order valence-electron chi connectivity index (χ2n) is 14.1. The number of nitrogens with zero attached hydrogens (tertiary/aromatic N) is 2. The van der Waals surface area contributed by atoms with Crippen LogP contribution in [0.4, 0.5) is 17.1 Å². The monoisotopic (exact) mass is 718 g/mol. The molecule has 0 bridgehead atoms. The molecule has 2 heterocycles. The van der Waals surface area contributed by atoms with Crippen molar-refractivity contribution in [2.45, 2.75) is 0 Å². The van der Waals surface area contributed by atoms with Crippen LogP contribution in [0.15, 0.2) is 206 Å². The van der Waals surface area contributed by atoms with Crippen LogP contribution in [-0.4, -0.2) is 4.57 Å². The van der Waals surface area contributed by atoms with E-state index in [4.69, 9.17) is 0 Å². The first-order valence-corrected chi connectivity index (χ1v) is 19.6. The SMILES string of the molecule is c1ccc(N(c2ccc(-c3ccc4c(c3)sc3ccccc34)cc2)c2ccc(-c3ccccc3-n3c4ccccc4c4ccccc43)c3ccccc23)cc1. The van der Waals surface area contributed by atoms with Gasteiger partial charge in [0.25, 0.3) is 0 Å². The van der Waals surface area contributed by atoms with Crippen molar-refractivity contribution < 1.29 is 0 Å². The van der Waals surface area contributed by atoms with E-state index in [0.717, 1.165) is 17.1 Å². The smallest absolute Gasteiger partial charge is 0.0541 e. The summed E-state index contributed by atoms with van der Waals surface area (Å²) in [4.78, 5) is 2.39. The van der Waals surface area contributed by atoms with Crippen molar-refractivity contribution in [2.75, 3.05) is 4.90 Å². The summed E-state index contributed by atoms with van der Waals surface area (Å²) in [6.45, 7) is 0. The second-order valence-corrected chi connectivity index (χ2v) is 15.2. The fourth-order valence-corrected chi connectivity index (χ4v) is 9.65. The first-order chi connectivity index (χ1) is 27.3. The Morgan fingerprint density at radius 2 is 0.909 bits per heavy atom. The van der Waals surface area contributed by atoms with Gasteiger partial charge in [-0.25, -0.2) is 0 Å². The molecule has 0 unspecified atom stereocenters. The predicted molar refractivity (Wildman–Crippen MR) is 237 cm³/mol. The van der Waals surface area contributed by atoms with Gasteiger partial charge in [0, 0.05) is 53.3 Å². The highest BCUT2D eigenvalue weighted by molar-refractivity contribution is 7.25. The van der Waals surface area contributed by atoms with E-state index in [1.807, 2.05) is 11.3 Å². The third-order valence-corrected chi connectivity index (χ3v) is 12.1. The van der Waals surface area contributed by atoms with Gasteiger partial charge in [0.15, 0.2) is 0 Å². The second kappa shape index (κ2) is 12.9. The Bertz CT molecular complexity index is 3150. The molecule has 0 amide bonds. The van der Waals surface area contributed by atoms with Crippen molar-refractivity contribution in [3.05, 3.63) is 206 Å². The highest BCUT2D eigenvalue weighted by Gasteiger charge is 2.20. The minimum atomic E-state index is 1.11. The summed E-state index contributed by atoms with van der Waals surface area (Å²) >= 11 is 1.86. The van der Waals surface area contributed by atoms with Crippen LogP contribution in [0, 0.1) is 0 Å². The van der Waals surface area contributed by atoms with Crippen LogP contribution < -0.4 is 4.90 Å². The third kappa shape index (κ3) is 5.16. The molecule has 0 aliphatic rings. The Morgan fingerprint density at radius 3 is 1.67 bits per heavy atom. The van der Waals surface area contributed by atoms with E-state index in [1.54, 1.807) is 0 Å². The number of hydrogen-bond donors (Lipinski definition) is 0. The number of para-hydroxylation sites is 4. The number of thiophene rings is 1. The predicted octanol–water partition coefficient (Wildman–Crippen LogP) is 15.1. The largest absolute Gasteiger partial charge is 0.310 e. The lowest BCUT2D eigenvalue weighted by molar-refractivity contribution is 1.18. The molecule has 258 valence electrons. The van der Waals surface area contributed by atoms with E-state index in [1.165, 1.54) is 80.7 Å². The van der Waals surface area contributed by atoms with Crippen molar-refractivity contribution in [1.29, 1.82) is 0 Å². The van der Waals surface area contributed by atoms with E-state index in [2.05, 4.69) is 216 Å². The molecule has 0 spiro atoms. The maximum absolute atomic E-state index is 2.43. The molecule has 0 atom stereocenters. The molecule has 55 heavy (non-hydrogen) atoms. The number of hydrogen-bond acceptors (Lipinski definition) is 2. The molecule has 0 radical (unpaired) electrons. The summed E-state index contributed by atoms with van der Waals surface area (Å²) in [6.07, 6.45) is 0. The maximum atomic E-state index is 2.43. The molecule has 0 saturated heterocycles. The molecule has 11 rings (SSSR count).